The van der Waals surface area contributed by atoms with Gasteiger partial charge >= 0.3 is 0 Å². The summed E-state index contributed by atoms with van der Waals surface area (Å²) in [7, 11) is 0. The maximum absolute atomic E-state index is 12.4. The number of aryl methyl sites for hydroxylation is 3. The Morgan fingerprint density at radius 1 is 1.40 bits per heavy atom. The molecule has 0 amide bonds. The molecule has 106 valence electrons. The standard InChI is InChI=1S/C15H18ClN3O/c1-4-12-15(16)13(19(5-2)18-12)9-14(20)11-6-7-17-10(3)8-11/h6-8H,4-5,9H2,1-3H3. The molecule has 4 nitrogen and oxygen atoms in total. The number of rotatable bonds is 5. The number of carbonyl (C=O) groups excluding carboxylic acids is 1. The Bertz CT molecular complexity index is 634. The molecule has 2 aromatic rings. The van der Waals surface area contributed by atoms with Crippen molar-refractivity contribution in [3.05, 3.63) is 46.0 Å². The van der Waals surface area contributed by atoms with Crippen LogP contribution in [-0.4, -0.2) is 20.5 Å². The number of halogens is 1. The van der Waals surface area contributed by atoms with Gasteiger partial charge in [0.2, 0.25) is 0 Å². The number of hydrogen-bond donors (Lipinski definition) is 0. The van der Waals surface area contributed by atoms with Crippen molar-refractivity contribution in [2.75, 3.05) is 0 Å². The predicted molar refractivity (Wildman–Crippen MR) is 79.3 cm³/mol. The molecule has 5 heteroatoms. The van der Waals surface area contributed by atoms with Gasteiger partial charge < -0.3 is 0 Å². The first kappa shape index (κ1) is 14.7. The topological polar surface area (TPSA) is 47.8 Å². The average Bonchev–Trinajstić information content (AvgIpc) is 2.75. The van der Waals surface area contributed by atoms with Gasteiger partial charge in [0.1, 0.15) is 0 Å². The zero-order valence-corrected chi connectivity index (χ0v) is 12.7. The summed E-state index contributed by atoms with van der Waals surface area (Å²) in [6.07, 6.45) is 2.68. The average molecular weight is 292 g/mol. The molecule has 2 heterocycles. The molecule has 0 aromatic carbocycles. The normalized spacial score (nSPS) is 10.8. The van der Waals surface area contributed by atoms with Crippen LogP contribution in [0.15, 0.2) is 18.3 Å². The van der Waals surface area contributed by atoms with Gasteiger partial charge in [-0.05, 0) is 32.4 Å². The Labute approximate surface area is 123 Å². The second-order valence-corrected chi connectivity index (χ2v) is 5.04. The molecule has 2 aromatic heterocycles. The lowest BCUT2D eigenvalue weighted by molar-refractivity contribution is 0.0990. The zero-order valence-electron chi connectivity index (χ0n) is 12.0. The summed E-state index contributed by atoms with van der Waals surface area (Å²) in [5.74, 6) is 0.0367. The van der Waals surface area contributed by atoms with E-state index in [1.807, 2.05) is 25.5 Å². The smallest absolute Gasteiger partial charge is 0.168 e. The maximum Gasteiger partial charge on any atom is 0.168 e. The molecule has 20 heavy (non-hydrogen) atoms. The molecule has 0 saturated heterocycles. The molecular formula is C15H18ClN3O. The molecule has 0 N–H and O–H groups in total. The van der Waals surface area contributed by atoms with Crippen molar-refractivity contribution in [2.45, 2.75) is 40.2 Å². The lowest BCUT2D eigenvalue weighted by Gasteiger charge is -2.05. The van der Waals surface area contributed by atoms with Gasteiger partial charge in [-0.1, -0.05) is 18.5 Å². The molecule has 0 saturated carbocycles. The van der Waals surface area contributed by atoms with Crippen LogP contribution in [0.3, 0.4) is 0 Å². The third kappa shape index (κ3) is 2.90. The van der Waals surface area contributed by atoms with Crippen molar-refractivity contribution in [1.29, 1.82) is 0 Å². The van der Waals surface area contributed by atoms with E-state index in [4.69, 9.17) is 11.6 Å². The fourth-order valence-electron chi connectivity index (χ4n) is 2.16. The number of Topliss-reactive ketones (excluding diaryl/α,β-unsaturated/α-hetero) is 1. The van der Waals surface area contributed by atoms with Crippen LogP contribution >= 0.6 is 11.6 Å². The van der Waals surface area contributed by atoms with Crippen molar-refractivity contribution in [2.24, 2.45) is 0 Å². The van der Waals surface area contributed by atoms with Gasteiger partial charge in [-0.2, -0.15) is 5.10 Å². The fraction of sp³-hybridized carbons (Fsp3) is 0.400. The molecule has 0 fully saturated rings. The highest BCUT2D eigenvalue weighted by molar-refractivity contribution is 6.32. The van der Waals surface area contributed by atoms with Gasteiger partial charge in [-0.25, -0.2) is 0 Å². The Balaban J connectivity index is 2.30. The molecule has 0 aliphatic rings. The lowest BCUT2D eigenvalue weighted by Crippen LogP contribution is -2.10. The second-order valence-electron chi connectivity index (χ2n) is 4.66. The predicted octanol–water partition coefficient (Wildman–Crippen LogP) is 3.25. The van der Waals surface area contributed by atoms with Gasteiger partial charge in [-0.15, -0.1) is 0 Å². The molecule has 0 aliphatic heterocycles. The number of hydrogen-bond acceptors (Lipinski definition) is 3. The van der Waals surface area contributed by atoms with E-state index in [0.717, 1.165) is 23.5 Å². The van der Waals surface area contributed by atoms with Crippen molar-refractivity contribution < 1.29 is 4.79 Å². The number of ketones is 1. The largest absolute Gasteiger partial charge is 0.294 e. The van der Waals surface area contributed by atoms with Gasteiger partial charge in [-0.3, -0.25) is 14.5 Å². The van der Waals surface area contributed by atoms with E-state index in [0.29, 0.717) is 17.1 Å². The number of aromatic nitrogens is 3. The molecule has 0 atom stereocenters. The first-order valence-electron chi connectivity index (χ1n) is 6.76. The van der Waals surface area contributed by atoms with Crippen molar-refractivity contribution in [1.82, 2.24) is 14.8 Å². The third-order valence-electron chi connectivity index (χ3n) is 3.24. The summed E-state index contributed by atoms with van der Waals surface area (Å²) in [6.45, 7) is 6.58. The quantitative estimate of drug-likeness (QED) is 0.795. The van der Waals surface area contributed by atoms with Crippen LogP contribution in [0, 0.1) is 6.92 Å². The van der Waals surface area contributed by atoms with Crippen LogP contribution in [0.1, 0.15) is 41.3 Å². The number of pyridine rings is 1. The highest BCUT2D eigenvalue weighted by Gasteiger charge is 2.18. The van der Waals surface area contributed by atoms with Crippen LogP contribution in [0.5, 0.6) is 0 Å². The van der Waals surface area contributed by atoms with E-state index in [-0.39, 0.29) is 12.2 Å². The Kier molecular flexibility index (Phi) is 4.55. The van der Waals surface area contributed by atoms with E-state index in [9.17, 15) is 4.79 Å². The SMILES string of the molecule is CCc1nn(CC)c(CC(=O)c2ccnc(C)c2)c1Cl. The van der Waals surface area contributed by atoms with Crippen LogP contribution in [0.25, 0.3) is 0 Å². The highest BCUT2D eigenvalue weighted by atomic mass is 35.5. The van der Waals surface area contributed by atoms with Gasteiger partial charge in [0, 0.05) is 24.0 Å². The number of nitrogens with zero attached hydrogens (tertiary/aromatic N) is 3. The van der Waals surface area contributed by atoms with Crippen molar-refractivity contribution in [3.8, 4) is 0 Å². The summed E-state index contributed by atoms with van der Waals surface area (Å²) in [5.41, 5.74) is 3.14. The maximum atomic E-state index is 12.4. The van der Waals surface area contributed by atoms with Crippen molar-refractivity contribution >= 4 is 17.4 Å². The molecule has 0 aliphatic carbocycles. The van der Waals surface area contributed by atoms with Gasteiger partial charge in [0.25, 0.3) is 0 Å². The highest BCUT2D eigenvalue weighted by Crippen LogP contribution is 2.23. The van der Waals surface area contributed by atoms with Crippen LogP contribution in [0.2, 0.25) is 5.02 Å². The monoisotopic (exact) mass is 291 g/mol. The Hall–Kier alpha value is -1.68. The number of carbonyl (C=O) groups is 1. The summed E-state index contributed by atoms with van der Waals surface area (Å²) < 4.78 is 1.81. The van der Waals surface area contributed by atoms with Crippen molar-refractivity contribution in [3.63, 3.8) is 0 Å². The molecule has 0 bridgehead atoms. The molecular weight excluding hydrogens is 274 g/mol. The van der Waals surface area contributed by atoms with Crippen LogP contribution in [0.4, 0.5) is 0 Å². The second kappa shape index (κ2) is 6.18. The van der Waals surface area contributed by atoms with Crippen LogP contribution in [-0.2, 0) is 19.4 Å². The Morgan fingerprint density at radius 2 is 2.15 bits per heavy atom. The van der Waals surface area contributed by atoms with E-state index in [1.165, 1.54) is 0 Å². The summed E-state index contributed by atoms with van der Waals surface area (Å²) in [4.78, 5) is 16.5. The first-order chi connectivity index (χ1) is 9.56. The van der Waals surface area contributed by atoms with E-state index >= 15 is 0 Å². The van der Waals surface area contributed by atoms with Gasteiger partial charge in [0.05, 0.1) is 22.8 Å². The lowest BCUT2D eigenvalue weighted by atomic mass is 10.1. The summed E-state index contributed by atoms with van der Waals surface area (Å²) in [6, 6.07) is 3.53. The molecule has 0 spiro atoms. The van der Waals surface area contributed by atoms with E-state index in [1.54, 1.807) is 18.3 Å². The van der Waals surface area contributed by atoms with E-state index < -0.39 is 0 Å². The first-order valence-corrected chi connectivity index (χ1v) is 7.14. The minimum absolute atomic E-state index is 0.0367. The molecule has 2 rings (SSSR count). The minimum Gasteiger partial charge on any atom is -0.294 e. The third-order valence-corrected chi connectivity index (χ3v) is 3.68. The van der Waals surface area contributed by atoms with Crippen LogP contribution < -0.4 is 0 Å². The summed E-state index contributed by atoms with van der Waals surface area (Å²) in [5, 5.41) is 5.05. The Morgan fingerprint density at radius 3 is 2.75 bits per heavy atom. The zero-order chi connectivity index (χ0) is 14.7. The summed E-state index contributed by atoms with van der Waals surface area (Å²) >= 11 is 6.32. The van der Waals surface area contributed by atoms with Gasteiger partial charge in [0.15, 0.2) is 5.78 Å². The minimum atomic E-state index is 0.0367. The molecule has 0 radical (unpaired) electrons. The fourth-order valence-corrected chi connectivity index (χ4v) is 2.50. The molecule has 0 unspecified atom stereocenters. The van der Waals surface area contributed by atoms with E-state index in [2.05, 4.69) is 10.1 Å².